The second-order valence-corrected chi connectivity index (χ2v) is 11.8. The first-order chi connectivity index (χ1) is 20.6. The fraction of sp³-hybridized carbons (Fsp3) is 0.417. The van der Waals surface area contributed by atoms with Crippen LogP contribution in [0.15, 0.2) is 84.9 Å². The molecule has 228 valence electrons. The van der Waals surface area contributed by atoms with Crippen molar-refractivity contribution in [1.29, 1.82) is 0 Å². The summed E-state index contributed by atoms with van der Waals surface area (Å²) in [5.74, 6) is -2.10. The minimum absolute atomic E-state index is 0.0174. The summed E-state index contributed by atoms with van der Waals surface area (Å²) in [4.78, 5) is 40.9. The van der Waals surface area contributed by atoms with Crippen LogP contribution in [0.2, 0.25) is 0 Å². The molecule has 1 N–H and O–H groups in total. The summed E-state index contributed by atoms with van der Waals surface area (Å²) >= 11 is 0. The summed E-state index contributed by atoms with van der Waals surface area (Å²) in [6.07, 6.45) is 1.88. The summed E-state index contributed by atoms with van der Waals surface area (Å²) in [6.45, 7) is 7.50. The first kappa shape index (κ1) is 32.1. The standard InChI is InChI=1S/C36H43NO6/c1-5-43-33(39)31(32(38)26-16-18-27(19-17-26)35(2,3)34(40)42-4)22-25-37-23-20-30(21-24-37)36(41,28-12-8-6-9-13-28)29-14-10-7-11-15-29/h6-19,30-31,41H,5,20-25H2,1-4H3. The van der Waals surface area contributed by atoms with Crippen LogP contribution >= 0.6 is 0 Å². The van der Waals surface area contributed by atoms with Crippen molar-refractivity contribution >= 4 is 17.7 Å². The Balaban J connectivity index is 1.44. The highest BCUT2D eigenvalue weighted by atomic mass is 16.5. The average Bonchev–Trinajstić information content (AvgIpc) is 3.05. The van der Waals surface area contributed by atoms with E-state index >= 15 is 0 Å². The molecular weight excluding hydrogens is 542 g/mol. The number of rotatable bonds is 12. The van der Waals surface area contributed by atoms with Gasteiger partial charge in [-0.15, -0.1) is 0 Å². The molecular formula is C36H43NO6. The van der Waals surface area contributed by atoms with Gasteiger partial charge in [0.15, 0.2) is 5.78 Å². The van der Waals surface area contributed by atoms with Crippen molar-refractivity contribution in [3.63, 3.8) is 0 Å². The average molecular weight is 586 g/mol. The number of esters is 2. The van der Waals surface area contributed by atoms with Gasteiger partial charge in [0, 0.05) is 5.56 Å². The van der Waals surface area contributed by atoms with Gasteiger partial charge in [0.25, 0.3) is 0 Å². The predicted molar refractivity (Wildman–Crippen MR) is 166 cm³/mol. The molecule has 0 aliphatic carbocycles. The monoisotopic (exact) mass is 585 g/mol. The van der Waals surface area contributed by atoms with E-state index in [9.17, 15) is 19.5 Å². The van der Waals surface area contributed by atoms with Crippen molar-refractivity contribution in [3.05, 3.63) is 107 Å². The molecule has 0 radical (unpaired) electrons. The number of hydrogen-bond acceptors (Lipinski definition) is 7. The zero-order chi connectivity index (χ0) is 31.0. The number of methoxy groups -OCH3 is 1. The Morgan fingerprint density at radius 2 is 1.40 bits per heavy atom. The van der Waals surface area contributed by atoms with Gasteiger partial charge in [-0.05, 0) is 82.3 Å². The maximum atomic E-state index is 13.5. The number of benzene rings is 3. The Morgan fingerprint density at radius 1 is 0.860 bits per heavy atom. The lowest BCUT2D eigenvalue weighted by atomic mass is 9.72. The second-order valence-electron chi connectivity index (χ2n) is 11.8. The number of aliphatic hydroxyl groups is 1. The molecule has 0 saturated carbocycles. The number of piperidine rings is 1. The second kappa shape index (κ2) is 14.1. The van der Waals surface area contributed by atoms with E-state index in [4.69, 9.17) is 9.47 Å². The molecule has 1 fully saturated rings. The quantitative estimate of drug-likeness (QED) is 0.170. The van der Waals surface area contributed by atoms with Gasteiger partial charge in [0.1, 0.15) is 11.5 Å². The van der Waals surface area contributed by atoms with Crippen LogP contribution in [0.1, 0.15) is 67.1 Å². The maximum Gasteiger partial charge on any atom is 0.316 e. The molecule has 3 aromatic carbocycles. The fourth-order valence-electron chi connectivity index (χ4n) is 6.13. The van der Waals surface area contributed by atoms with E-state index < -0.39 is 22.9 Å². The van der Waals surface area contributed by atoms with Crippen molar-refractivity contribution < 1.29 is 29.0 Å². The predicted octanol–water partition coefficient (Wildman–Crippen LogP) is 5.54. The smallest absolute Gasteiger partial charge is 0.316 e. The number of hydrogen-bond donors (Lipinski definition) is 1. The summed E-state index contributed by atoms with van der Waals surface area (Å²) in [7, 11) is 1.35. The molecule has 1 aliphatic rings. The van der Waals surface area contributed by atoms with E-state index in [0.29, 0.717) is 18.5 Å². The first-order valence-electron chi connectivity index (χ1n) is 15.1. The highest BCUT2D eigenvalue weighted by molar-refractivity contribution is 6.08. The zero-order valence-corrected chi connectivity index (χ0v) is 25.6. The molecule has 0 aromatic heterocycles. The van der Waals surface area contributed by atoms with Crippen LogP contribution in [0.25, 0.3) is 0 Å². The molecule has 0 bridgehead atoms. The van der Waals surface area contributed by atoms with Gasteiger partial charge in [-0.3, -0.25) is 14.4 Å². The zero-order valence-electron chi connectivity index (χ0n) is 25.6. The minimum atomic E-state index is -1.10. The number of nitrogens with zero attached hydrogens (tertiary/aromatic N) is 1. The normalized spacial score (nSPS) is 15.5. The molecule has 1 atom stereocenters. The van der Waals surface area contributed by atoms with Gasteiger partial charge in [-0.25, -0.2) is 0 Å². The molecule has 1 saturated heterocycles. The van der Waals surface area contributed by atoms with Crippen LogP contribution in [-0.4, -0.2) is 61.1 Å². The third kappa shape index (κ3) is 7.06. The van der Waals surface area contributed by atoms with E-state index in [-0.39, 0.29) is 24.3 Å². The molecule has 0 amide bonds. The van der Waals surface area contributed by atoms with E-state index in [2.05, 4.69) is 4.90 Å². The van der Waals surface area contributed by atoms with E-state index in [1.54, 1.807) is 45.0 Å². The van der Waals surface area contributed by atoms with E-state index in [1.165, 1.54) is 7.11 Å². The SMILES string of the molecule is CCOC(=O)C(CCN1CCC(C(O)(c2ccccc2)c2ccccc2)CC1)C(=O)c1ccc(C(C)(C)C(=O)OC)cc1. The molecule has 43 heavy (non-hydrogen) atoms. The Hall–Kier alpha value is -3.81. The summed E-state index contributed by atoms with van der Waals surface area (Å²) in [6, 6.07) is 26.5. The van der Waals surface area contributed by atoms with Crippen LogP contribution in [0.4, 0.5) is 0 Å². The van der Waals surface area contributed by atoms with Crippen LogP contribution < -0.4 is 0 Å². The number of carbonyl (C=O) groups excluding carboxylic acids is 3. The van der Waals surface area contributed by atoms with Crippen molar-refractivity contribution in [2.24, 2.45) is 11.8 Å². The van der Waals surface area contributed by atoms with Gasteiger partial charge in [0.05, 0.1) is 19.1 Å². The van der Waals surface area contributed by atoms with E-state index in [0.717, 1.165) is 42.6 Å². The lowest BCUT2D eigenvalue weighted by Crippen LogP contribution is -2.45. The summed E-state index contributed by atoms with van der Waals surface area (Å²) < 4.78 is 10.2. The highest BCUT2D eigenvalue weighted by Gasteiger charge is 2.42. The molecule has 1 aliphatic heterocycles. The Kier molecular flexibility index (Phi) is 10.5. The lowest BCUT2D eigenvalue weighted by Gasteiger charge is -2.42. The first-order valence-corrected chi connectivity index (χ1v) is 15.1. The van der Waals surface area contributed by atoms with Crippen molar-refractivity contribution in [2.75, 3.05) is 33.4 Å². The summed E-state index contributed by atoms with van der Waals surface area (Å²) in [5, 5.41) is 12.2. The van der Waals surface area contributed by atoms with Crippen LogP contribution in [0.5, 0.6) is 0 Å². The van der Waals surface area contributed by atoms with Crippen LogP contribution in [0.3, 0.4) is 0 Å². The molecule has 7 heteroatoms. The fourth-order valence-corrected chi connectivity index (χ4v) is 6.13. The van der Waals surface area contributed by atoms with Gasteiger partial charge in [-0.1, -0.05) is 84.9 Å². The number of carbonyl (C=O) groups is 3. The number of ether oxygens (including phenoxy) is 2. The van der Waals surface area contributed by atoms with Crippen molar-refractivity contribution in [1.82, 2.24) is 4.90 Å². The molecule has 1 unspecified atom stereocenters. The molecule has 3 aromatic rings. The highest BCUT2D eigenvalue weighted by Crippen LogP contribution is 2.42. The van der Waals surface area contributed by atoms with Gasteiger partial charge in [0.2, 0.25) is 0 Å². The third-order valence-corrected chi connectivity index (χ3v) is 8.81. The number of ketones is 1. The largest absolute Gasteiger partial charge is 0.468 e. The Morgan fingerprint density at radius 3 is 1.88 bits per heavy atom. The molecule has 1 heterocycles. The topological polar surface area (TPSA) is 93.1 Å². The third-order valence-electron chi connectivity index (χ3n) is 8.81. The summed E-state index contributed by atoms with van der Waals surface area (Å²) in [5.41, 5.74) is 0.916. The minimum Gasteiger partial charge on any atom is -0.468 e. The number of likely N-dealkylation sites (tertiary alicyclic amines) is 1. The lowest BCUT2D eigenvalue weighted by molar-refractivity contribution is -0.147. The number of Topliss-reactive ketones (excluding diaryl/α,β-unsaturated/α-hetero) is 1. The molecule has 7 nitrogen and oxygen atoms in total. The van der Waals surface area contributed by atoms with Crippen molar-refractivity contribution in [2.45, 2.75) is 51.0 Å². The van der Waals surface area contributed by atoms with Gasteiger partial charge >= 0.3 is 11.9 Å². The van der Waals surface area contributed by atoms with Crippen molar-refractivity contribution in [3.8, 4) is 0 Å². The molecule has 4 rings (SSSR count). The van der Waals surface area contributed by atoms with Gasteiger partial charge < -0.3 is 19.5 Å². The maximum absolute atomic E-state index is 13.5. The van der Waals surface area contributed by atoms with Crippen LogP contribution in [-0.2, 0) is 30.1 Å². The van der Waals surface area contributed by atoms with E-state index in [1.807, 2.05) is 60.7 Å². The Bertz CT molecular complexity index is 1320. The van der Waals surface area contributed by atoms with Gasteiger partial charge in [-0.2, -0.15) is 0 Å². The Labute approximate surface area is 254 Å². The molecule has 0 spiro atoms. The van der Waals surface area contributed by atoms with Crippen LogP contribution in [0, 0.1) is 11.8 Å².